The Kier molecular flexibility index (Phi) is 7.97. The molecule has 0 fully saturated rings. The van der Waals surface area contributed by atoms with Crippen molar-refractivity contribution in [1.29, 1.82) is 0 Å². The lowest BCUT2D eigenvalue weighted by Crippen LogP contribution is -2.26. The minimum atomic E-state index is -0.525. The Hall–Kier alpha value is -3.36. The molecule has 0 aliphatic heterocycles. The number of aromatic nitrogens is 1. The maximum atomic E-state index is 12.6. The number of pyridine rings is 1. The molecule has 0 spiro atoms. The molecule has 0 bridgehead atoms. The SMILES string of the molecule is CNc1cccc2cc(C(=O)Nc3ccc(C(=O)NCCCN)cc3)c(=O)[nH]c12.Cl. The molecule has 9 heteroatoms. The minimum absolute atomic E-state index is 0. The number of carbonyl (C=O) groups is 2. The molecule has 30 heavy (non-hydrogen) atoms. The van der Waals surface area contributed by atoms with Gasteiger partial charge in [-0.2, -0.15) is 0 Å². The molecule has 158 valence electrons. The molecule has 0 atom stereocenters. The molecule has 3 aromatic rings. The lowest BCUT2D eigenvalue weighted by Gasteiger charge is -2.09. The molecular weight excluding hydrogens is 406 g/mol. The number of amides is 2. The third-order valence-corrected chi connectivity index (χ3v) is 4.47. The third kappa shape index (κ3) is 5.16. The summed E-state index contributed by atoms with van der Waals surface area (Å²) in [5, 5.41) is 9.20. The molecule has 8 nitrogen and oxygen atoms in total. The first-order chi connectivity index (χ1) is 14.0. The summed E-state index contributed by atoms with van der Waals surface area (Å²) in [5.74, 6) is -0.731. The quantitative estimate of drug-likeness (QED) is 0.368. The standard InChI is InChI=1S/C21H23N5O3.ClH/c1-23-17-5-2-4-14-12-16(21(29)26-18(14)17)20(28)25-15-8-6-13(7-9-15)19(27)24-11-3-10-22;/h2,4-9,12,23H,3,10-11,22H2,1H3,(H,24,27)(H,25,28)(H,26,29);1H. The second kappa shape index (κ2) is 10.4. The molecule has 1 aromatic heterocycles. The number of para-hydroxylation sites is 1. The van der Waals surface area contributed by atoms with E-state index in [0.29, 0.717) is 36.3 Å². The van der Waals surface area contributed by atoms with Crippen LogP contribution in [-0.2, 0) is 0 Å². The number of anilines is 2. The van der Waals surface area contributed by atoms with Crippen molar-refractivity contribution >= 4 is 46.5 Å². The molecule has 2 amide bonds. The van der Waals surface area contributed by atoms with Crippen molar-refractivity contribution in [3.8, 4) is 0 Å². The zero-order valence-electron chi connectivity index (χ0n) is 16.5. The van der Waals surface area contributed by atoms with E-state index in [1.165, 1.54) is 0 Å². The average Bonchev–Trinajstić information content (AvgIpc) is 2.73. The summed E-state index contributed by atoms with van der Waals surface area (Å²) < 4.78 is 0. The van der Waals surface area contributed by atoms with Crippen molar-refractivity contribution in [3.63, 3.8) is 0 Å². The number of hydrogen-bond acceptors (Lipinski definition) is 5. The minimum Gasteiger partial charge on any atom is -0.386 e. The highest BCUT2D eigenvalue weighted by Gasteiger charge is 2.14. The van der Waals surface area contributed by atoms with Gasteiger partial charge in [-0.3, -0.25) is 14.4 Å². The molecular formula is C21H24ClN5O3. The van der Waals surface area contributed by atoms with Gasteiger partial charge in [0.25, 0.3) is 17.4 Å². The van der Waals surface area contributed by atoms with Gasteiger partial charge < -0.3 is 26.7 Å². The van der Waals surface area contributed by atoms with E-state index in [9.17, 15) is 14.4 Å². The molecule has 0 aliphatic carbocycles. The molecule has 0 saturated carbocycles. The highest BCUT2D eigenvalue weighted by atomic mass is 35.5. The predicted octanol–water partition coefficient (Wildman–Crippen LogP) is 2.32. The van der Waals surface area contributed by atoms with Crippen LogP contribution in [0.3, 0.4) is 0 Å². The largest absolute Gasteiger partial charge is 0.386 e. The second-order valence-corrected chi connectivity index (χ2v) is 6.46. The Bertz CT molecular complexity index is 1100. The van der Waals surface area contributed by atoms with Crippen LogP contribution in [0.4, 0.5) is 11.4 Å². The number of H-pyrrole nitrogens is 1. The van der Waals surface area contributed by atoms with Crippen LogP contribution in [0, 0.1) is 0 Å². The molecule has 0 saturated heterocycles. The Morgan fingerprint density at radius 3 is 2.47 bits per heavy atom. The number of benzene rings is 2. The number of carbonyl (C=O) groups excluding carboxylic acids is 2. The predicted molar refractivity (Wildman–Crippen MR) is 122 cm³/mol. The van der Waals surface area contributed by atoms with Crippen molar-refractivity contribution in [1.82, 2.24) is 10.3 Å². The molecule has 2 aromatic carbocycles. The zero-order valence-corrected chi connectivity index (χ0v) is 17.3. The fourth-order valence-electron chi connectivity index (χ4n) is 2.92. The van der Waals surface area contributed by atoms with Crippen molar-refractivity contribution in [2.45, 2.75) is 6.42 Å². The second-order valence-electron chi connectivity index (χ2n) is 6.46. The van der Waals surface area contributed by atoms with Gasteiger partial charge in [-0.15, -0.1) is 12.4 Å². The first kappa shape index (κ1) is 22.9. The fraction of sp³-hybridized carbons (Fsp3) is 0.190. The zero-order chi connectivity index (χ0) is 20.8. The summed E-state index contributed by atoms with van der Waals surface area (Å²) in [6, 6.07) is 13.5. The maximum Gasteiger partial charge on any atom is 0.261 e. The molecule has 0 aliphatic rings. The van der Waals surface area contributed by atoms with Crippen molar-refractivity contribution in [2.75, 3.05) is 30.8 Å². The summed E-state index contributed by atoms with van der Waals surface area (Å²) in [6.45, 7) is 1.02. The number of aromatic amines is 1. The number of rotatable bonds is 7. The first-order valence-electron chi connectivity index (χ1n) is 9.27. The Balaban J connectivity index is 0.00000320. The van der Waals surface area contributed by atoms with Crippen LogP contribution >= 0.6 is 12.4 Å². The van der Waals surface area contributed by atoms with Crippen molar-refractivity contribution in [2.24, 2.45) is 5.73 Å². The van der Waals surface area contributed by atoms with Gasteiger partial charge >= 0.3 is 0 Å². The highest BCUT2D eigenvalue weighted by Crippen LogP contribution is 2.20. The summed E-state index contributed by atoms with van der Waals surface area (Å²) >= 11 is 0. The van der Waals surface area contributed by atoms with Crippen LogP contribution in [0.5, 0.6) is 0 Å². The highest BCUT2D eigenvalue weighted by molar-refractivity contribution is 6.06. The lowest BCUT2D eigenvalue weighted by atomic mass is 10.1. The van der Waals surface area contributed by atoms with Crippen LogP contribution in [0.25, 0.3) is 10.9 Å². The third-order valence-electron chi connectivity index (χ3n) is 4.47. The summed E-state index contributed by atoms with van der Waals surface area (Å²) in [7, 11) is 1.76. The summed E-state index contributed by atoms with van der Waals surface area (Å²) in [5.41, 5.74) is 7.30. The number of nitrogens with one attached hydrogen (secondary N) is 4. The number of halogens is 1. The van der Waals surface area contributed by atoms with Crippen LogP contribution in [-0.4, -0.2) is 36.9 Å². The molecule has 1 heterocycles. The van der Waals surface area contributed by atoms with E-state index in [-0.39, 0.29) is 23.9 Å². The number of fused-ring (bicyclic) bond motifs is 1. The van der Waals surface area contributed by atoms with E-state index in [1.807, 2.05) is 18.2 Å². The van der Waals surface area contributed by atoms with Crippen LogP contribution < -0.4 is 27.2 Å². The van der Waals surface area contributed by atoms with E-state index in [1.54, 1.807) is 37.4 Å². The van der Waals surface area contributed by atoms with Crippen LogP contribution in [0.1, 0.15) is 27.1 Å². The van der Waals surface area contributed by atoms with Gasteiger partial charge in [-0.25, -0.2) is 0 Å². The number of nitrogens with two attached hydrogens (primary N) is 1. The smallest absolute Gasteiger partial charge is 0.261 e. The Morgan fingerprint density at radius 1 is 1.07 bits per heavy atom. The summed E-state index contributed by atoms with van der Waals surface area (Å²) in [4.78, 5) is 39.7. The van der Waals surface area contributed by atoms with Gasteiger partial charge in [0.05, 0.1) is 11.2 Å². The Morgan fingerprint density at radius 2 is 1.80 bits per heavy atom. The van der Waals surface area contributed by atoms with Gasteiger partial charge in [0, 0.05) is 30.2 Å². The molecule has 3 rings (SSSR count). The maximum absolute atomic E-state index is 12.6. The number of hydrogen-bond donors (Lipinski definition) is 5. The lowest BCUT2D eigenvalue weighted by molar-refractivity contribution is 0.0953. The van der Waals surface area contributed by atoms with E-state index in [0.717, 1.165) is 11.1 Å². The van der Waals surface area contributed by atoms with Gasteiger partial charge in [0.1, 0.15) is 5.56 Å². The molecule has 6 N–H and O–H groups in total. The first-order valence-corrected chi connectivity index (χ1v) is 9.27. The molecule has 0 unspecified atom stereocenters. The van der Waals surface area contributed by atoms with Gasteiger partial charge in [0.15, 0.2) is 0 Å². The average molecular weight is 430 g/mol. The van der Waals surface area contributed by atoms with Crippen molar-refractivity contribution in [3.05, 3.63) is 70.0 Å². The van der Waals surface area contributed by atoms with E-state index >= 15 is 0 Å². The Labute approximate surface area is 179 Å². The topological polar surface area (TPSA) is 129 Å². The van der Waals surface area contributed by atoms with Gasteiger partial charge in [-0.1, -0.05) is 12.1 Å². The fourth-order valence-corrected chi connectivity index (χ4v) is 2.92. The van der Waals surface area contributed by atoms with Gasteiger partial charge in [-0.05, 0) is 49.4 Å². The van der Waals surface area contributed by atoms with Crippen molar-refractivity contribution < 1.29 is 9.59 Å². The molecule has 0 radical (unpaired) electrons. The van der Waals surface area contributed by atoms with E-state index in [4.69, 9.17) is 5.73 Å². The van der Waals surface area contributed by atoms with E-state index in [2.05, 4.69) is 20.9 Å². The van der Waals surface area contributed by atoms with Crippen LogP contribution in [0.2, 0.25) is 0 Å². The van der Waals surface area contributed by atoms with Gasteiger partial charge in [0.2, 0.25) is 0 Å². The van der Waals surface area contributed by atoms with E-state index < -0.39 is 11.5 Å². The summed E-state index contributed by atoms with van der Waals surface area (Å²) in [6.07, 6.45) is 0.704. The normalized spacial score (nSPS) is 10.2. The van der Waals surface area contributed by atoms with Crippen LogP contribution in [0.15, 0.2) is 53.3 Å². The monoisotopic (exact) mass is 429 g/mol.